The van der Waals surface area contributed by atoms with E-state index in [0.717, 1.165) is 6.42 Å². The molecule has 3 N–H and O–H groups in total. The maximum atomic E-state index is 12.1. The highest BCUT2D eigenvalue weighted by Gasteiger charge is 2.15. The molecule has 124 valence electrons. The Morgan fingerprint density at radius 2 is 2.04 bits per heavy atom. The van der Waals surface area contributed by atoms with Gasteiger partial charge in [0.15, 0.2) is 0 Å². The number of aromatic amines is 1. The smallest absolute Gasteiger partial charge is 0.272 e. The van der Waals surface area contributed by atoms with Crippen molar-refractivity contribution in [3.05, 3.63) is 53.9 Å². The van der Waals surface area contributed by atoms with E-state index < -0.39 is 10.0 Å². The molecule has 6 nitrogen and oxygen atoms in total. The third-order valence-electron chi connectivity index (χ3n) is 3.38. The molecule has 23 heavy (non-hydrogen) atoms. The zero-order valence-electron chi connectivity index (χ0n) is 13.2. The Balaban J connectivity index is 2.06. The second-order valence-electron chi connectivity index (χ2n) is 5.42. The maximum Gasteiger partial charge on any atom is 0.272 e. The van der Waals surface area contributed by atoms with E-state index in [9.17, 15) is 13.2 Å². The zero-order chi connectivity index (χ0) is 16.9. The van der Waals surface area contributed by atoms with Crippen LogP contribution in [0.5, 0.6) is 0 Å². The van der Waals surface area contributed by atoms with E-state index in [4.69, 9.17) is 0 Å². The lowest BCUT2D eigenvalue weighted by Gasteiger charge is -2.12. The van der Waals surface area contributed by atoms with Crippen molar-refractivity contribution in [1.29, 1.82) is 0 Å². The molecule has 0 saturated heterocycles. The van der Waals surface area contributed by atoms with Crippen LogP contribution >= 0.6 is 0 Å². The van der Waals surface area contributed by atoms with Gasteiger partial charge in [0.05, 0.1) is 5.75 Å². The minimum Gasteiger partial charge on any atom is -0.357 e. The summed E-state index contributed by atoms with van der Waals surface area (Å²) in [6, 6.07) is 10.1. The number of sulfonamides is 1. The molecule has 7 heteroatoms. The third-order valence-corrected chi connectivity index (χ3v) is 4.85. The molecule has 1 atom stereocenters. The van der Waals surface area contributed by atoms with Crippen LogP contribution in [-0.4, -0.2) is 25.4 Å². The second-order valence-corrected chi connectivity index (χ2v) is 7.18. The van der Waals surface area contributed by atoms with Crippen LogP contribution in [0.3, 0.4) is 0 Å². The molecule has 2 aromatic rings. The molecule has 0 aliphatic heterocycles. The number of rotatable bonds is 7. The number of benzene rings is 1. The summed E-state index contributed by atoms with van der Waals surface area (Å²) >= 11 is 0. The number of carbonyl (C=O) groups is 1. The van der Waals surface area contributed by atoms with Gasteiger partial charge >= 0.3 is 0 Å². The van der Waals surface area contributed by atoms with E-state index in [0.29, 0.717) is 16.9 Å². The Bertz CT molecular complexity index is 755. The maximum absolute atomic E-state index is 12.1. The topological polar surface area (TPSA) is 91.1 Å². The average Bonchev–Trinajstić information content (AvgIpc) is 3.00. The number of carbonyl (C=O) groups excluding carboxylic acids is 1. The van der Waals surface area contributed by atoms with Crippen LogP contribution in [0.25, 0.3) is 0 Å². The quantitative estimate of drug-likeness (QED) is 0.726. The molecule has 1 aromatic heterocycles. The monoisotopic (exact) mass is 335 g/mol. The molecule has 0 aliphatic carbocycles. The Kier molecular flexibility index (Phi) is 5.57. The second kappa shape index (κ2) is 7.43. The molecule has 1 heterocycles. The van der Waals surface area contributed by atoms with Crippen molar-refractivity contribution in [3.8, 4) is 0 Å². The molecule has 0 radical (unpaired) electrons. The predicted octanol–water partition coefficient (Wildman–Crippen LogP) is 2.48. The van der Waals surface area contributed by atoms with Crippen molar-refractivity contribution < 1.29 is 13.2 Å². The summed E-state index contributed by atoms with van der Waals surface area (Å²) in [6.45, 7) is 3.74. The van der Waals surface area contributed by atoms with Crippen LogP contribution in [0.4, 0.5) is 5.69 Å². The fourth-order valence-electron chi connectivity index (χ4n) is 2.06. The van der Waals surface area contributed by atoms with Gasteiger partial charge in [0.2, 0.25) is 10.0 Å². The largest absolute Gasteiger partial charge is 0.357 e. The van der Waals surface area contributed by atoms with Gasteiger partial charge in [-0.2, -0.15) is 0 Å². The lowest BCUT2D eigenvalue weighted by Crippen LogP contribution is -2.32. The molecule has 0 saturated carbocycles. The Morgan fingerprint density at radius 3 is 2.70 bits per heavy atom. The first-order chi connectivity index (χ1) is 10.9. The van der Waals surface area contributed by atoms with Gasteiger partial charge in [0.25, 0.3) is 5.91 Å². The Labute approximate surface area is 136 Å². The van der Waals surface area contributed by atoms with Gasteiger partial charge in [-0.15, -0.1) is 0 Å². The first-order valence-electron chi connectivity index (χ1n) is 7.43. The van der Waals surface area contributed by atoms with Crippen molar-refractivity contribution in [2.24, 2.45) is 0 Å². The number of hydrogen-bond donors (Lipinski definition) is 3. The van der Waals surface area contributed by atoms with Gasteiger partial charge in [-0.1, -0.05) is 19.1 Å². The summed E-state index contributed by atoms with van der Waals surface area (Å²) in [6.07, 6.45) is 2.39. The van der Waals surface area contributed by atoms with Gasteiger partial charge in [-0.3, -0.25) is 4.79 Å². The van der Waals surface area contributed by atoms with E-state index in [1.807, 2.05) is 13.8 Å². The minimum atomic E-state index is -3.40. The first kappa shape index (κ1) is 17.2. The van der Waals surface area contributed by atoms with Gasteiger partial charge < -0.3 is 10.3 Å². The van der Waals surface area contributed by atoms with Crippen LogP contribution in [-0.2, 0) is 15.8 Å². The number of hydrogen-bond acceptors (Lipinski definition) is 3. The summed E-state index contributed by atoms with van der Waals surface area (Å²) < 4.78 is 26.8. The lowest BCUT2D eigenvalue weighted by molar-refractivity contribution is 0.102. The number of H-pyrrole nitrogens is 1. The van der Waals surface area contributed by atoms with E-state index in [1.54, 1.807) is 42.6 Å². The highest BCUT2D eigenvalue weighted by molar-refractivity contribution is 7.88. The Hall–Kier alpha value is -2.12. The van der Waals surface area contributed by atoms with Crippen LogP contribution in [0.1, 0.15) is 36.3 Å². The SMILES string of the molecule is CC[C@@H](C)NS(=O)(=O)Cc1cccc(NC(=O)c2ccc[nH]2)c1. The molecular formula is C16H21N3O3S. The molecule has 2 rings (SSSR count). The van der Waals surface area contributed by atoms with Crippen LogP contribution in [0, 0.1) is 0 Å². The van der Waals surface area contributed by atoms with Crippen molar-refractivity contribution in [1.82, 2.24) is 9.71 Å². The van der Waals surface area contributed by atoms with E-state index in [1.165, 1.54) is 0 Å². The molecule has 0 bridgehead atoms. The van der Waals surface area contributed by atoms with E-state index in [2.05, 4.69) is 15.0 Å². The summed E-state index contributed by atoms with van der Waals surface area (Å²) in [5, 5.41) is 2.74. The number of amides is 1. The molecule has 0 fully saturated rings. The number of anilines is 1. The minimum absolute atomic E-state index is 0.101. The van der Waals surface area contributed by atoms with Crippen LogP contribution in [0.15, 0.2) is 42.6 Å². The number of nitrogens with one attached hydrogen (secondary N) is 3. The van der Waals surface area contributed by atoms with Gasteiger partial charge in [0, 0.05) is 17.9 Å². The third kappa shape index (κ3) is 5.22. The van der Waals surface area contributed by atoms with E-state index >= 15 is 0 Å². The highest BCUT2D eigenvalue weighted by Crippen LogP contribution is 2.14. The molecule has 1 amide bonds. The first-order valence-corrected chi connectivity index (χ1v) is 9.08. The van der Waals surface area contributed by atoms with Crippen LogP contribution in [0.2, 0.25) is 0 Å². The van der Waals surface area contributed by atoms with Crippen molar-refractivity contribution in [2.45, 2.75) is 32.1 Å². The van der Waals surface area contributed by atoms with Gasteiger partial charge in [-0.05, 0) is 43.2 Å². The standard InChI is InChI=1S/C16H21N3O3S/c1-3-12(2)19-23(21,22)11-13-6-4-7-14(10-13)18-16(20)15-8-5-9-17-15/h4-10,12,17,19H,3,11H2,1-2H3,(H,18,20)/t12-/m1/s1. The molecule has 0 spiro atoms. The molecular weight excluding hydrogens is 314 g/mol. The summed E-state index contributed by atoms with van der Waals surface area (Å²) in [7, 11) is -3.40. The fraction of sp³-hybridized carbons (Fsp3) is 0.312. The fourth-order valence-corrected chi connectivity index (χ4v) is 3.54. The van der Waals surface area contributed by atoms with Crippen LogP contribution < -0.4 is 10.0 Å². The highest BCUT2D eigenvalue weighted by atomic mass is 32.2. The van der Waals surface area contributed by atoms with E-state index in [-0.39, 0.29) is 17.7 Å². The lowest BCUT2D eigenvalue weighted by atomic mass is 10.2. The van der Waals surface area contributed by atoms with Crippen molar-refractivity contribution in [3.63, 3.8) is 0 Å². The normalized spacial score (nSPS) is 12.8. The average molecular weight is 335 g/mol. The van der Waals surface area contributed by atoms with Gasteiger partial charge in [-0.25, -0.2) is 13.1 Å². The molecule has 0 aliphatic rings. The summed E-state index contributed by atoms with van der Waals surface area (Å²) in [5.74, 6) is -0.392. The predicted molar refractivity (Wildman–Crippen MR) is 90.7 cm³/mol. The zero-order valence-corrected chi connectivity index (χ0v) is 14.0. The molecule has 0 unspecified atom stereocenters. The molecule has 1 aromatic carbocycles. The summed E-state index contributed by atoms with van der Waals surface area (Å²) in [4.78, 5) is 14.8. The van der Waals surface area contributed by atoms with Crippen molar-refractivity contribution in [2.75, 3.05) is 5.32 Å². The van der Waals surface area contributed by atoms with Crippen molar-refractivity contribution >= 4 is 21.6 Å². The van der Waals surface area contributed by atoms with Gasteiger partial charge in [0.1, 0.15) is 5.69 Å². The number of aromatic nitrogens is 1. The Morgan fingerprint density at radius 1 is 1.26 bits per heavy atom. The summed E-state index contributed by atoms with van der Waals surface area (Å²) in [5.41, 5.74) is 1.62.